The minimum Gasteiger partial charge on any atom is -0.421 e. The molecule has 3 heterocycles. The van der Waals surface area contributed by atoms with Crippen molar-refractivity contribution < 1.29 is 5.23 Å². The second kappa shape index (κ2) is 4.62. The fourth-order valence-electron chi connectivity index (χ4n) is 2.87. The lowest BCUT2D eigenvalue weighted by atomic mass is 9.95. The van der Waals surface area contributed by atoms with Gasteiger partial charge in [-0.3, -0.25) is 0 Å². The van der Waals surface area contributed by atoms with Gasteiger partial charge in [-0.2, -0.15) is 4.68 Å². The monoisotopic (exact) mass is 363 g/mol. The van der Waals surface area contributed by atoms with Crippen molar-refractivity contribution >= 4 is 38.3 Å². The summed E-state index contributed by atoms with van der Waals surface area (Å²) >= 11 is 5.20. The predicted octanol–water partition coefficient (Wildman–Crippen LogP) is 2.45. The lowest BCUT2D eigenvalue weighted by molar-refractivity contribution is -0.951. The number of aromatic nitrogens is 2. The van der Waals surface area contributed by atoms with Crippen LogP contribution >= 0.6 is 27.3 Å². The summed E-state index contributed by atoms with van der Waals surface area (Å²) in [6.07, 6.45) is 0.761. The average Bonchev–Trinajstić information content (AvgIpc) is 3.01. The molecule has 0 amide bonds. The molecule has 0 fully saturated rings. The smallest absolute Gasteiger partial charge is 0.163 e. The highest BCUT2D eigenvalue weighted by molar-refractivity contribution is 9.10. The Morgan fingerprint density at radius 2 is 2.29 bits per heavy atom. The topological polar surface area (TPSA) is 58.1 Å². The average molecular weight is 364 g/mol. The second-order valence-corrected chi connectivity index (χ2v) is 7.29. The van der Waals surface area contributed by atoms with Crippen molar-refractivity contribution in [3.63, 3.8) is 0 Å². The van der Waals surface area contributed by atoms with Gasteiger partial charge in [0.2, 0.25) is 0 Å². The highest BCUT2D eigenvalue weighted by Crippen LogP contribution is 2.33. The second-order valence-electron chi connectivity index (χ2n) is 5.46. The van der Waals surface area contributed by atoms with E-state index in [0.29, 0.717) is 5.23 Å². The molecular formula is C14H14BrN5S. The first-order chi connectivity index (χ1) is 10.1. The third-order valence-corrected chi connectivity index (χ3v) is 5.83. The molecule has 0 radical (unpaired) electrons. The zero-order chi connectivity index (χ0) is 14.6. The highest BCUT2D eigenvalue weighted by atomic mass is 79.9. The van der Waals surface area contributed by atoms with E-state index in [9.17, 15) is 0 Å². The van der Waals surface area contributed by atoms with Crippen LogP contribution in [-0.4, -0.2) is 9.66 Å². The lowest BCUT2D eigenvalue weighted by Crippen LogP contribution is -3.18. The van der Waals surface area contributed by atoms with Crippen LogP contribution in [0.4, 0.5) is 0 Å². The molecule has 0 saturated carbocycles. The number of halogens is 1. The van der Waals surface area contributed by atoms with E-state index in [1.54, 1.807) is 11.3 Å². The highest BCUT2D eigenvalue weighted by Gasteiger charge is 2.38. The van der Waals surface area contributed by atoms with Gasteiger partial charge >= 0.3 is 0 Å². The van der Waals surface area contributed by atoms with E-state index < -0.39 is 0 Å². The fourth-order valence-corrected chi connectivity index (χ4v) is 4.42. The van der Waals surface area contributed by atoms with Crippen molar-refractivity contribution in [2.75, 3.05) is 0 Å². The number of benzene rings is 1. The predicted molar refractivity (Wildman–Crippen MR) is 86.6 cm³/mol. The normalized spacial score (nSPS) is 25.2. The Bertz CT molecular complexity index is 826. The van der Waals surface area contributed by atoms with E-state index in [2.05, 4.69) is 39.7 Å². The van der Waals surface area contributed by atoms with E-state index in [0.717, 1.165) is 27.8 Å². The summed E-state index contributed by atoms with van der Waals surface area (Å²) in [4.78, 5) is 5.91. The zero-order valence-electron chi connectivity index (χ0n) is 11.4. The molecule has 21 heavy (non-hydrogen) atoms. The van der Waals surface area contributed by atoms with Gasteiger partial charge in [-0.25, -0.2) is 10.2 Å². The van der Waals surface area contributed by atoms with Gasteiger partial charge < -0.3 is 5.84 Å². The first-order valence-corrected chi connectivity index (χ1v) is 8.32. The molecule has 5 nitrogen and oxygen atoms in total. The van der Waals surface area contributed by atoms with E-state index in [1.807, 2.05) is 28.9 Å². The van der Waals surface area contributed by atoms with Crippen LogP contribution in [0.2, 0.25) is 0 Å². The van der Waals surface area contributed by atoms with Gasteiger partial charge in [-0.05, 0) is 41.1 Å². The van der Waals surface area contributed by atoms with Crippen LogP contribution in [0.25, 0.3) is 16.9 Å². The SMILES string of the molecule is C[C@@]1(c2cc(Br)cs2)Cc2nc3ccccc3n2[NH+]([NH-])N1. The lowest BCUT2D eigenvalue weighted by Gasteiger charge is -2.39. The first kappa shape index (κ1) is 13.4. The maximum absolute atomic E-state index is 8.39. The Morgan fingerprint density at radius 1 is 1.48 bits per heavy atom. The van der Waals surface area contributed by atoms with Crippen molar-refractivity contribution in [2.45, 2.75) is 18.9 Å². The Hall–Kier alpha value is -1.25. The zero-order valence-corrected chi connectivity index (χ0v) is 13.8. The van der Waals surface area contributed by atoms with E-state index in [4.69, 9.17) is 10.8 Å². The van der Waals surface area contributed by atoms with Gasteiger partial charge in [0, 0.05) is 21.2 Å². The largest absolute Gasteiger partial charge is 0.421 e. The first-order valence-electron chi connectivity index (χ1n) is 6.65. The Kier molecular flexibility index (Phi) is 2.95. The van der Waals surface area contributed by atoms with Crippen LogP contribution < -0.4 is 10.7 Å². The van der Waals surface area contributed by atoms with E-state index in [-0.39, 0.29) is 5.54 Å². The number of rotatable bonds is 1. The fraction of sp³-hybridized carbons (Fsp3) is 0.214. The summed E-state index contributed by atoms with van der Waals surface area (Å²) in [5.74, 6) is 9.32. The number of imidazole rings is 1. The molecule has 3 N–H and O–H groups in total. The minimum atomic E-state index is -0.287. The molecule has 3 aromatic rings. The minimum absolute atomic E-state index is 0.287. The van der Waals surface area contributed by atoms with Crippen LogP contribution in [0.15, 0.2) is 40.2 Å². The summed E-state index contributed by atoms with van der Waals surface area (Å²) in [5.41, 5.74) is 4.99. The number of thiophene rings is 1. The molecule has 0 aliphatic carbocycles. The number of quaternary nitrogens is 1. The van der Waals surface area contributed by atoms with Crippen LogP contribution in [-0.2, 0) is 12.0 Å². The van der Waals surface area contributed by atoms with Crippen molar-refractivity contribution in [3.8, 4) is 0 Å². The Balaban J connectivity index is 1.85. The number of hydrogen-bond donors (Lipinski definition) is 2. The molecule has 7 heteroatoms. The van der Waals surface area contributed by atoms with Gasteiger partial charge in [0.1, 0.15) is 11.1 Å². The van der Waals surface area contributed by atoms with E-state index in [1.165, 1.54) is 4.88 Å². The number of para-hydroxylation sites is 2. The Labute approximate surface area is 134 Å². The van der Waals surface area contributed by atoms with Gasteiger partial charge in [-0.15, -0.1) is 16.8 Å². The van der Waals surface area contributed by atoms with Crippen LogP contribution in [0.5, 0.6) is 0 Å². The van der Waals surface area contributed by atoms with Crippen molar-refractivity contribution in [2.24, 2.45) is 0 Å². The van der Waals surface area contributed by atoms with Crippen LogP contribution in [0.3, 0.4) is 0 Å². The van der Waals surface area contributed by atoms with Crippen LogP contribution in [0, 0.1) is 0 Å². The number of fused-ring (bicyclic) bond motifs is 3. The van der Waals surface area contributed by atoms with Crippen molar-refractivity contribution in [3.05, 3.63) is 56.7 Å². The van der Waals surface area contributed by atoms with Crippen molar-refractivity contribution in [1.29, 1.82) is 0 Å². The van der Waals surface area contributed by atoms with Crippen molar-refractivity contribution in [1.82, 2.24) is 15.1 Å². The molecule has 2 aromatic heterocycles. The molecule has 4 rings (SSSR count). The van der Waals surface area contributed by atoms with Crippen LogP contribution in [0.1, 0.15) is 17.6 Å². The number of nitrogens with zero attached hydrogens (tertiary/aromatic N) is 2. The summed E-state index contributed by atoms with van der Waals surface area (Å²) in [6.45, 7) is 2.13. The molecule has 0 bridgehead atoms. The standard InChI is InChI=1S/C14H14BrN5S/c1-14(12-6-9(15)8-21-12)7-13-17-10-4-2-3-5-11(10)19(13)20(16)18-14/h2-6,8,16,18,20H,7H2,1H3/t14-/m0/s1. The molecule has 0 spiro atoms. The summed E-state index contributed by atoms with van der Waals surface area (Å²) < 4.78 is 2.98. The number of nitrogens with one attached hydrogen (secondary N) is 3. The summed E-state index contributed by atoms with van der Waals surface area (Å²) in [5, 5.41) is 2.46. The van der Waals surface area contributed by atoms with E-state index >= 15 is 0 Å². The number of hydrogen-bond acceptors (Lipinski definition) is 3. The quantitative estimate of drug-likeness (QED) is 0.697. The molecule has 1 aliphatic rings. The van der Waals surface area contributed by atoms with Gasteiger partial charge in [0.05, 0.1) is 5.52 Å². The summed E-state index contributed by atoms with van der Waals surface area (Å²) in [6, 6.07) is 10.1. The van der Waals surface area contributed by atoms with Gasteiger partial charge in [-0.1, -0.05) is 12.1 Å². The molecule has 0 saturated heterocycles. The molecule has 1 aliphatic heterocycles. The molecule has 108 valence electrons. The molecule has 1 aromatic carbocycles. The maximum atomic E-state index is 8.39. The molecule has 2 atom stereocenters. The maximum Gasteiger partial charge on any atom is 0.163 e. The molecular weight excluding hydrogens is 350 g/mol. The van der Waals surface area contributed by atoms with Gasteiger partial charge in [0.25, 0.3) is 0 Å². The third kappa shape index (κ3) is 2.04. The Morgan fingerprint density at radius 3 is 3.05 bits per heavy atom. The van der Waals surface area contributed by atoms with Gasteiger partial charge in [0.15, 0.2) is 5.82 Å². The molecule has 1 unspecified atom stereocenters. The summed E-state index contributed by atoms with van der Waals surface area (Å²) in [7, 11) is 0. The third-order valence-electron chi connectivity index (χ3n) is 3.87.